The summed E-state index contributed by atoms with van der Waals surface area (Å²) in [5.41, 5.74) is -6.36. The third-order valence-electron chi connectivity index (χ3n) is 7.46. The minimum absolute atomic E-state index is 0.0599. The predicted octanol–water partition coefficient (Wildman–Crippen LogP) is 11.2. The molecule has 2 aromatic carbocycles. The summed E-state index contributed by atoms with van der Waals surface area (Å²) < 4.78 is 89.6. The first-order valence-electron chi connectivity index (χ1n) is 17.4. The Morgan fingerprint density at radius 3 is 2.23 bits per heavy atom. The van der Waals surface area contributed by atoms with Gasteiger partial charge in [-0.2, -0.15) is 26.3 Å². The smallest absolute Gasteiger partial charge is 0.418 e. The Hall–Kier alpha value is -4.93. The van der Waals surface area contributed by atoms with E-state index in [1.165, 1.54) is 0 Å². The molecule has 1 unspecified atom stereocenters. The molecule has 2 N–H and O–H groups in total. The number of rotatable bonds is 16. The zero-order chi connectivity index (χ0) is 46.1. The summed E-state index contributed by atoms with van der Waals surface area (Å²) in [5, 5.41) is 26.0. The number of imidazole rings is 1. The molecule has 0 fully saturated rings. The number of nitrogens with one attached hydrogen (secondary N) is 2. The average molecular weight is 951 g/mol. The van der Waals surface area contributed by atoms with Crippen molar-refractivity contribution in [2.24, 2.45) is 0 Å². The molecule has 2 aromatic heterocycles. The maximum absolute atomic E-state index is 13.0. The van der Waals surface area contributed by atoms with Gasteiger partial charge in [-0.3, -0.25) is 20.2 Å². The molecule has 61 heavy (non-hydrogen) atoms. The van der Waals surface area contributed by atoms with Gasteiger partial charge in [0.2, 0.25) is 0 Å². The van der Waals surface area contributed by atoms with Crippen LogP contribution in [-0.4, -0.2) is 75.8 Å². The van der Waals surface area contributed by atoms with E-state index in [9.17, 15) is 51.4 Å². The van der Waals surface area contributed by atoms with Crippen LogP contribution in [0.15, 0.2) is 67.9 Å². The summed E-state index contributed by atoms with van der Waals surface area (Å²) in [4.78, 5) is 39.9. The second-order valence-corrected chi connectivity index (χ2v) is 14.1. The number of nitro groups is 2. The maximum atomic E-state index is 13.0. The van der Waals surface area contributed by atoms with Gasteiger partial charge in [0.05, 0.1) is 52.1 Å². The number of carbonyl (C=O) groups excluding carboxylic acids is 1. The van der Waals surface area contributed by atoms with Crippen molar-refractivity contribution in [2.75, 3.05) is 45.7 Å². The summed E-state index contributed by atoms with van der Waals surface area (Å²) in [6.45, 7) is 8.88. The van der Waals surface area contributed by atoms with Crippen molar-refractivity contribution in [3.8, 4) is 0 Å². The zero-order valence-electron chi connectivity index (χ0n) is 32.3. The van der Waals surface area contributed by atoms with E-state index in [2.05, 4.69) is 26.8 Å². The Kier molecular flexibility index (Phi) is 21.0. The van der Waals surface area contributed by atoms with Gasteiger partial charge in [-0.25, -0.2) is 14.8 Å². The van der Waals surface area contributed by atoms with Gasteiger partial charge in [-0.1, -0.05) is 65.5 Å². The molecule has 25 heteroatoms. The number of benzene rings is 2. The first-order chi connectivity index (χ1) is 28.5. The van der Waals surface area contributed by atoms with E-state index in [1.54, 1.807) is 30.7 Å². The second kappa shape index (κ2) is 24.5. The highest BCUT2D eigenvalue weighted by Gasteiger charge is 2.42. The summed E-state index contributed by atoms with van der Waals surface area (Å²) >= 11 is 23.2. The van der Waals surface area contributed by atoms with Crippen LogP contribution in [0.1, 0.15) is 42.6 Å². The molecular formula is C36H38Cl4F6N8O7. The fourth-order valence-corrected chi connectivity index (χ4v) is 5.75. The van der Waals surface area contributed by atoms with Crippen molar-refractivity contribution in [1.29, 1.82) is 0 Å². The lowest BCUT2D eigenvalue weighted by molar-refractivity contribution is -0.392. The van der Waals surface area contributed by atoms with Crippen LogP contribution in [0.3, 0.4) is 0 Å². The van der Waals surface area contributed by atoms with Gasteiger partial charge in [0.25, 0.3) is 0 Å². The molecule has 0 bridgehead atoms. The molecule has 0 saturated heterocycles. The number of nitro benzene ring substituents is 2. The van der Waals surface area contributed by atoms with E-state index in [-0.39, 0.29) is 24.5 Å². The van der Waals surface area contributed by atoms with Crippen molar-refractivity contribution in [3.63, 3.8) is 0 Å². The zero-order valence-corrected chi connectivity index (χ0v) is 35.4. The highest BCUT2D eigenvalue weighted by Crippen LogP contribution is 2.48. The number of aromatic nitrogens is 3. The van der Waals surface area contributed by atoms with Gasteiger partial charge in [-0.15, -0.1) is 6.58 Å². The van der Waals surface area contributed by atoms with E-state index in [0.29, 0.717) is 42.4 Å². The normalized spacial score (nSPS) is 11.7. The number of alkyl halides is 6. The van der Waals surface area contributed by atoms with Gasteiger partial charge < -0.3 is 29.6 Å². The average Bonchev–Trinajstić information content (AvgIpc) is 3.68. The fraction of sp³-hybridized carbons (Fsp3) is 0.361. The number of anilines is 2. The van der Waals surface area contributed by atoms with Crippen molar-refractivity contribution in [3.05, 3.63) is 125 Å². The van der Waals surface area contributed by atoms with E-state index >= 15 is 0 Å². The maximum Gasteiger partial charge on any atom is 0.418 e. The van der Waals surface area contributed by atoms with Crippen molar-refractivity contribution >= 4 is 75.4 Å². The lowest BCUT2D eigenvalue weighted by atomic mass is 10.1. The predicted molar refractivity (Wildman–Crippen MR) is 218 cm³/mol. The Morgan fingerprint density at radius 1 is 1.03 bits per heavy atom. The van der Waals surface area contributed by atoms with Crippen LogP contribution >= 0.6 is 46.4 Å². The number of hydrogen-bond acceptors (Lipinski definition) is 11. The number of halogens is 10. The third kappa shape index (κ3) is 17.2. The van der Waals surface area contributed by atoms with Crippen LogP contribution in [0, 0.1) is 20.2 Å². The molecule has 0 aliphatic rings. The molecule has 15 nitrogen and oxygen atoms in total. The van der Waals surface area contributed by atoms with E-state index in [4.69, 9.17) is 55.9 Å². The molecule has 334 valence electrons. The molecular weight excluding hydrogens is 912 g/mol. The monoisotopic (exact) mass is 948 g/mol. The summed E-state index contributed by atoms with van der Waals surface area (Å²) in [5.74, 6) is -0.721. The summed E-state index contributed by atoms with van der Waals surface area (Å²) in [6.07, 6.45) is -1.43. The number of alkyl carbamates (subject to hydrolysis) is 1. The lowest BCUT2D eigenvalue weighted by Crippen LogP contribution is -2.27. The number of nitrogens with zero attached hydrogens (tertiary/aromatic N) is 6. The van der Waals surface area contributed by atoms with Crippen LogP contribution in [0.5, 0.6) is 0 Å². The van der Waals surface area contributed by atoms with Crippen LogP contribution < -0.4 is 10.6 Å². The minimum atomic E-state index is -5.27. The number of pyridine rings is 1. The largest absolute Gasteiger partial charge is 0.450 e. The molecule has 1 atom stereocenters. The highest BCUT2D eigenvalue weighted by atomic mass is 35.5. The molecule has 1 amide bonds. The Morgan fingerprint density at radius 2 is 1.72 bits per heavy atom. The Balaban J connectivity index is 0.000000344. The van der Waals surface area contributed by atoms with Gasteiger partial charge in [0, 0.05) is 46.8 Å². The number of amides is 1. The van der Waals surface area contributed by atoms with Crippen LogP contribution in [0.25, 0.3) is 0 Å². The fourth-order valence-electron chi connectivity index (χ4n) is 4.68. The number of ether oxygens (including phenoxy) is 2. The minimum Gasteiger partial charge on any atom is -0.450 e. The van der Waals surface area contributed by atoms with Gasteiger partial charge >= 0.3 is 29.8 Å². The van der Waals surface area contributed by atoms with Crippen LogP contribution in [-0.2, 0) is 28.4 Å². The molecule has 0 saturated carbocycles. The summed E-state index contributed by atoms with van der Waals surface area (Å²) in [6, 6.07) is 5.71. The molecule has 4 rings (SSSR count). The molecule has 0 aliphatic heterocycles. The van der Waals surface area contributed by atoms with Crippen LogP contribution in [0.2, 0.25) is 20.1 Å². The first kappa shape index (κ1) is 52.2. The number of hydrogen-bond donors (Lipinski definition) is 2. The molecule has 0 spiro atoms. The van der Waals surface area contributed by atoms with Gasteiger partial charge in [-0.05, 0) is 51.7 Å². The van der Waals surface area contributed by atoms with Crippen molar-refractivity contribution < 1.29 is 50.5 Å². The SMILES string of the molecule is C=CCOC(Cn1ccnc1)c1ccc(Cl)cc1Cl.CCCOC(=O)NCCCN(C)C.O=[N+]([O-])c1cc(C(F)(F)F)c(Cl)c([N+](=O)[O-])c1Nc1ncc(C(F)(F)F)cc1Cl. The van der Waals surface area contributed by atoms with E-state index < -0.39 is 66.3 Å². The first-order valence-corrected chi connectivity index (χ1v) is 18.9. The third-order valence-corrected chi connectivity index (χ3v) is 8.70. The molecule has 2 heterocycles. The number of carbonyl (C=O) groups is 1. The van der Waals surface area contributed by atoms with Crippen molar-refractivity contribution in [1.82, 2.24) is 24.8 Å². The molecule has 0 aliphatic carbocycles. The highest BCUT2D eigenvalue weighted by molar-refractivity contribution is 6.35. The van der Waals surface area contributed by atoms with E-state index in [0.717, 1.165) is 24.9 Å². The van der Waals surface area contributed by atoms with E-state index in [1.807, 2.05) is 43.2 Å². The summed E-state index contributed by atoms with van der Waals surface area (Å²) in [7, 11) is 4.02. The van der Waals surface area contributed by atoms with Gasteiger partial charge in [0.15, 0.2) is 5.69 Å². The Labute approximate surface area is 364 Å². The molecule has 0 radical (unpaired) electrons. The lowest BCUT2D eigenvalue weighted by Gasteiger charge is -2.19. The van der Waals surface area contributed by atoms with Crippen LogP contribution in [0.4, 0.5) is 54.0 Å². The van der Waals surface area contributed by atoms with Crippen molar-refractivity contribution in [2.45, 2.75) is 44.8 Å². The second-order valence-electron chi connectivity index (χ2n) is 12.4. The van der Waals surface area contributed by atoms with Gasteiger partial charge in [0.1, 0.15) is 16.9 Å². The molecule has 4 aromatic rings. The Bertz CT molecular complexity index is 2100. The standard InChI is InChI=1S/C14H14Cl2N2O.C13H4Cl2F6N4O4.C9H20N2O2/c1-2-7-19-14(9-18-6-5-17-10-18)12-4-3-11(15)8-13(12)16;14-6-1-4(12(16,17)18)3-22-11(6)23-9-7(24(26)27)2-5(13(19,20)21)8(15)10(9)25(28)29;1-4-8-13-9(12)10-6-5-7-11(2)3/h2-6,8,10,14H,1,7,9H2;1-3H,(H,22,23);4-8H2,1-3H3,(H,10,12). The quantitative estimate of drug-likeness (QED) is 0.0359. The topological polar surface area (TPSA) is 180 Å².